The van der Waals surface area contributed by atoms with Gasteiger partial charge in [-0.25, -0.2) is 17.5 Å². The third-order valence-corrected chi connectivity index (χ3v) is 7.14. The summed E-state index contributed by atoms with van der Waals surface area (Å²) in [6.45, 7) is 3.12. The highest BCUT2D eigenvalue weighted by Gasteiger charge is 2.24. The van der Waals surface area contributed by atoms with E-state index in [0.717, 1.165) is 50.0 Å². The smallest absolute Gasteiger partial charge is 0.240 e. The van der Waals surface area contributed by atoms with Crippen molar-refractivity contribution in [1.82, 2.24) is 14.8 Å². The average Bonchev–Trinajstić information content (AvgIpc) is 3.39. The van der Waals surface area contributed by atoms with E-state index in [9.17, 15) is 12.8 Å². The molecule has 7 nitrogen and oxygen atoms in total. The van der Waals surface area contributed by atoms with Gasteiger partial charge in [0.1, 0.15) is 11.6 Å². The first-order valence-electron chi connectivity index (χ1n) is 10.3. The van der Waals surface area contributed by atoms with E-state index in [-0.39, 0.29) is 16.6 Å². The van der Waals surface area contributed by atoms with Crippen LogP contribution in [0.2, 0.25) is 0 Å². The van der Waals surface area contributed by atoms with Crippen LogP contribution in [0.1, 0.15) is 18.5 Å². The molecule has 1 N–H and O–H groups in total. The summed E-state index contributed by atoms with van der Waals surface area (Å²) in [6.07, 6.45) is 2.62. The lowest BCUT2D eigenvalue weighted by molar-refractivity contribution is 0.318. The second kappa shape index (κ2) is 9.33. The van der Waals surface area contributed by atoms with Crippen molar-refractivity contribution >= 4 is 21.0 Å². The Balaban J connectivity index is 1.23. The number of rotatable bonds is 9. The zero-order chi connectivity index (χ0) is 21.8. The normalized spacial score (nSPS) is 17.4. The molecule has 0 spiro atoms. The summed E-state index contributed by atoms with van der Waals surface area (Å²) in [6, 6.07) is 10.8. The molecule has 0 amide bonds. The van der Waals surface area contributed by atoms with E-state index < -0.39 is 10.0 Å². The molecule has 0 bridgehead atoms. The van der Waals surface area contributed by atoms with E-state index in [0.29, 0.717) is 17.9 Å². The van der Waals surface area contributed by atoms with Crippen LogP contribution in [0.5, 0.6) is 5.75 Å². The minimum atomic E-state index is -3.53. The number of methoxy groups -OCH3 is 1. The minimum absolute atomic E-state index is 0.239. The highest BCUT2D eigenvalue weighted by molar-refractivity contribution is 7.89. The number of benzene rings is 2. The zero-order valence-electron chi connectivity index (χ0n) is 17.4. The Bertz CT molecular complexity index is 1130. The van der Waals surface area contributed by atoms with Gasteiger partial charge in [-0.05, 0) is 74.7 Å². The number of aromatic nitrogens is 1. The van der Waals surface area contributed by atoms with Gasteiger partial charge in [-0.2, -0.15) is 0 Å². The maximum absolute atomic E-state index is 13.3. The first-order valence-corrected chi connectivity index (χ1v) is 11.8. The summed E-state index contributed by atoms with van der Waals surface area (Å²) in [5.74, 6) is 0.570. The van der Waals surface area contributed by atoms with Crippen molar-refractivity contribution in [3.63, 3.8) is 0 Å². The summed E-state index contributed by atoms with van der Waals surface area (Å²) in [4.78, 5) is 2.58. The Labute approximate surface area is 181 Å². The SMILES string of the molecule is COc1ccc(S(=O)(=O)NCC2CCN(CCCc3noc4cc(F)ccc34)C2)cc1. The molecule has 1 aromatic heterocycles. The topological polar surface area (TPSA) is 84.7 Å². The molecule has 1 aliphatic rings. The third-order valence-electron chi connectivity index (χ3n) is 5.70. The number of hydrogen-bond donors (Lipinski definition) is 1. The van der Waals surface area contributed by atoms with E-state index in [4.69, 9.17) is 9.26 Å². The largest absolute Gasteiger partial charge is 0.497 e. The van der Waals surface area contributed by atoms with Crippen LogP contribution in [-0.4, -0.2) is 51.8 Å². The Morgan fingerprint density at radius 1 is 1.26 bits per heavy atom. The van der Waals surface area contributed by atoms with Crippen molar-refractivity contribution in [2.45, 2.75) is 24.2 Å². The number of aryl methyl sites for hydroxylation is 1. The monoisotopic (exact) mass is 447 g/mol. The summed E-state index contributed by atoms with van der Waals surface area (Å²) < 4.78 is 51.3. The number of nitrogens with one attached hydrogen (secondary N) is 1. The fourth-order valence-corrected chi connectivity index (χ4v) is 5.08. The lowest BCUT2D eigenvalue weighted by Gasteiger charge is -2.16. The zero-order valence-corrected chi connectivity index (χ0v) is 18.2. The molecule has 0 radical (unpaired) electrons. The maximum atomic E-state index is 13.3. The molecule has 1 fully saturated rings. The summed E-state index contributed by atoms with van der Waals surface area (Å²) in [5, 5.41) is 4.92. The van der Waals surface area contributed by atoms with E-state index in [2.05, 4.69) is 14.8 Å². The van der Waals surface area contributed by atoms with Gasteiger partial charge in [0.25, 0.3) is 0 Å². The molecule has 166 valence electrons. The molecule has 9 heteroatoms. The fraction of sp³-hybridized carbons (Fsp3) is 0.409. The van der Waals surface area contributed by atoms with E-state index in [1.54, 1.807) is 37.4 Å². The van der Waals surface area contributed by atoms with E-state index >= 15 is 0 Å². The predicted molar refractivity (Wildman–Crippen MR) is 115 cm³/mol. The van der Waals surface area contributed by atoms with Crippen molar-refractivity contribution in [1.29, 1.82) is 0 Å². The van der Waals surface area contributed by atoms with Crippen molar-refractivity contribution in [3.05, 3.63) is 54.0 Å². The molecule has 1 aliphatic heterocycles. The molecule has 2 heterocycles. The Hall–Kier alpha value is -2.49. The molecule has 1 atom stereocenters. The first kappa shape index (κ1) is 21.7. The van der Waals surface area contributed by atoms with Gasteiger partial charge in [0.2, 0.25) is 10.0 Å². The number of ether oxygens (including phenoxy) is 1. The van der Waals surface area contributed by atoms with Crippen LogP contribution in [0.3, 0.4) is 0 Å². The molecular formula is C22H26FN3O4S. The van der Waals surface area contributed by atoms with Crippen LogP contribution in [0.4, 0.5) is 4.39 Å². The third kappa shape index (κ3) is 5.23. The highest BCUT2D eigenvalue weighted by Crippen LogP contribution is 2.22. The Morgan fingerprint density at radius 2 is 2.06 bits per heavy atom. The Morgan fingerprint density at radius 3 is 2.84 bits per heavy atom. The summed E-state index contributed by atoms with van der Waals surface area (Å²) >= 11 is 0. The van der Waals surface area contributed by atoms with Gasteiger partial charge in [-0.15, -0.1) is 0 Å². The molecule has 0 saturated carbocycles. The van der Waals surface area contributed by atoms with Gasteiger partial charge in [0.05, 0.1) is 17.7 Å². The highest BCUT2D eigenvalue weighted by atomic mass is 32.2. The van der Waals surface area contributed by atoms with Crippen LogP contribution in [0, 0.1) is 11.7 Å². The minimum Gasteiger partial charge on any atom is -0.497 e. The lowest BCUT2D eigenvalue weighted by Crippen LogP contribution is -2.31. The number of likely N-dealkylation sites (tertiary alicyclic amines) is 1. The maximum Gasteiger partial charge on any atom is 0.240 e. The number of nitrogens with zero attached hydrogens (tertiary/aromatic N) is 2. The number of fused-ring (bicyclic) bond motifs is 1. The van der Waals surface area contributed by atoms with Gasteiger partial charge in [0, 0.05) is 24.5 Å². The van der Waals surface area contributed by atoms with Crippen LogP contribution < -0.4 is 9.46 Å². The first-order chi connectivity index (χ1) is 14.9. The van der Waals surface area contributed by atoms with Gasteiger partial charge in [0.15, 0.2) is 5.58 Å². The van der Waals surface area contributed by atoms with E-state index in [1.165, 1.54) is 12.1 Å². The molecule has 1 saturated heterocycles. The number of sulfonamides is 1. The fourth-order valence-electron chi connectivity index (χ4n) is 3.96. The van der Waals surface area contributed by atoms with Crippen LogP contribution in [0.15, 0.2) is 51.9 Å². The Kier molecular flexibility index (Phi) is 6.54. The van der Waals surface area contributed by atoms with Crippen LogP contribution in [-0.2, 0) is 16.4 Å². The van der Waals surface area contributed by atoms with E-state index in [1.807, 2.05) is 0 Å². The predicted octanol–water partition coefficient (Wildman–Crippen LogP) is 3.21. The lowest BCUT2D eigenvalue weighted by atomic mass is 10.1. The standard InChI is InChI=1S/C22H26FN3O4S/c1-29-18-5-7-19(8-6-18)31(27,28)24-14-16-10-12-26(15-16)11-2-3-21-20-9-4-17(23)13-22(20)30-25-21/h4-9,13,16,24H,2-3,10-12,14-15H2,1H3. The second-order valence-corrected chi connectivity index (χ2v) is 9.62. The van der Waals surface area contributed by atoms with Crippen molar-refractivity contribution in [2.75, 3.05) is 33.3 Å². The van der Waals surface area contributed by atoms with Crippen molar-refractivity contribution < 1.29 is 22.1 Å². The number of halogens is 1. The number of hydrogen-bond acceptors (Lipinski definition) is 6. The van der Waals surface area contributed by atoms with Gasteiger partial charge in [-0.3, -0.25) is 0 Å². The summed E-state index contributed by atoms with van der Waals surface area (Å²) in [7, 11) is -1.99. The van der Waals surface area contributed by atoms with Crippen molar-refractivity contribution in [3.8, 4) is 5.75 Å². The molecular weight excluding hydrogens is 421 g/mol. The second-order valence-electron chi connectivity index (χ2n) is 7.86. The molecule has 31 heavy (non-hydrogen) atoms. The van der Waals surface area contributed by atoms with Gasteiger partial charge in [-0.1, -0.05) is 5.16 Å². The van der Waals surface area contributed by atoms with Crippen LogP contribution >= 0.6 is 0 Å². The summed E-state index contributed by atoms with van der Waals surface area (Å²) in [5.41, 5.74) is 1.32. The molecule has 3 aromatic rings. The molecule has 0 aliphatic carbocycles. The quantitative estimate of drug-likeness (QED) is 0.542. The molecule has 2 aromatic carbocycles. The molecule has 1 unspecified atom stereocenters. The average molecular weight is 448 g/mol. The van der Waals surface area contributed by atoms with Gasteiger partial charge >= 0.3 is 0 Å². The molecule has 4 rings (SSSR count). The van der Waals surface area contributed by atoms with Crippen LogP contribution in [0.25, 0.3) is 11.0 Å². The van der Waals surface area contributed by atoms with Gasteiger partial charge < -0.3 is 14.2 Å². The van der Waals surface area contributed by atoms with Crippen molar-refractivity contribution in [2.24, 2.45) is 5.92 Å².